The fourth-order valence-corrected chi connectivity index (χ4v) is 4.48. The number of anilines is 2. The molecule has 1 heterocycles. The van der Waals surface area contributed by atoms with Crippen molar-refractivity contribution in [2.75, 3.05) is 48.2 Å². The smallest absolute Gasteiger partial charge is 0.366 e. The Morgan fingerprint density at radius 3 is 2.28 bits per heavy atom. The molecule has 1 saturated heterocycles. The molecule has 0 unspecified atom stereocenters. The summed E-state index contributed by atoms with van der Waals surface area (Å²) in [6.45, 7) is 0.394. The van der Waals surface area contributed by atoms with Crippen molar-refractivity contribution < 1.29 is 30.8 Å². The van der Waals surface area contributed by atoms with Crippen LogP contribution in [-0.2, 0) is 21.0 Å². The fourth-order valence-electron chi connectivity index (χ4n) is 3.41. The van der Waals surface area contributed by atoms with Gasteiger partial charge in [0.15, 0.2) is 0 Å². The van der Waals surface area contributed by atoms with Gasteiger partial charge in [-0.2, -0.15) is 13.2 Å². The molecule has 0 spiro atoms. The summed E-state index contributed by atoms with van der Waals surface area (Å²) in [7, 11) is -4.07. The van der Waals surface area contributed by atoms with Crippen molar-refractivity contribution in [3.05, 3.63) is 58.9 Å². The molecule has 2 aromatic rings. The molecule has 0 radical (unpaired) electrons. The van der Waals surface area contributed by atoms with E-state index < -0.39 is 45.1 Å². The molecule has 32 heavy (non-hydrogen) atoms. The van der Waals surface area contributed by atoms with Crippen LogP contribution in [0.1, 0.15) is 5.56 Å². The largest absolute Gasteiger partial charge is 0.417 e. The Morgan fingerprint density at radius 1 is 1.09 bits per heavy atom. The van der Waals surface area contributed by atoms with Gasteiger partial charge in [-0.1, -0.05) is 23.7 Å². The van der Waals surface area contributed by atoms with E-state index in [1.807, 2.05) is 0 Å². The molecule has 0 bridgehead atoms. The molecule has 1 aliphatic rings. The highest BCUT2D eigenvalue weighted by Gasteiger charge is 2.35. The number of hydrogen-bond donors (Lipinski definition) is 0. The third kappa shape index (κ3) is 5.44. The summed E-state index contributed by atoms with van der Waals surface area (Å²) in [4.78, 5) is 15.9. The number of benzene rings is 2. The lowest BCUT2D eigenvalue weighted by Crippen LogP contribution is -2.52. The van der Waals surface area contributed by atoms with E-state index in [1.54, 1.807) is 23.1 Å². The van der Waals surface area contributed by atoms with Crippen LogP contribution >= 0.6 is 11.6 Å². The number of rotatable bonds is 5. The number of halogens is 5. The van der Waals surface area contributed by atoms with Crippen LogP contribution in [0.15, 0.2) is 42.5 Å². The van der Waals surface area contributed by atoms with E-state index in [-0.39, 0.29) is 18.8 Å². The van der Waals surface area contributed by atoms with Crippen molar-refractivity contribution in [1.29, 1.82) is 0 Å². The summed E-state index contributed by atoms with van der Waals surface area (Å²) >= 11 is 5.61. The van der Waals surface area contributed by atoms with Crippen LogP contribution in [-0.4, -0.2) is 58.2 Å². The highest BCUT2D eigenvalue weighted by molar-refractivity contribution is 7.92. The van der Waals surface area contributed by atoms with Gasteiger partial charge in [-0.3, -0.25) is 9.10 Å². The lowest BCUT2D eigenvalue weighted by Gasteiger charge is -2.37. The second-order valence-electron chi connectivity index (χ2n) is 7.25. The Labute approximate surface area is 188 Å². The summed E-state index contributed by atoms with van der Waals surface area (Å²) in [5, 5.41) is -0.578. The number of nitrogens with zero attached hydrogens (tertiary/aromatic N) is 3. The van der Waals surface area contributed by atoms with Gasteiger partial charge < -0.3 is 9.80 Å². The maximum Gasteiger partial charge on any atom is 0.417 e. The van der Waals surface area contributed by atoms with Crippen molar-refractivity contribution in [3.63, 3.8) is 0 Å². The first-order chi connectivity index (χ1) is 14.9. The van der Waals surface area contributed by atoms with E-state index >= 15 is 0 Å². The SMILES string of the molecule is CS(=O)(=O)N(CC(=O)N1CCN(c2ccccc2F)CC1)c1ccc(Cl)c(C(F)(F)F)c1. The van der Waals surface area contributed by atoms with E-state index in [9.17, 15) is 30.8 Å². The third-order valence-corrected chi connectivity index (χ3v) is 6.52. The van der Waals surface area contributed by atoms with Crippen molar-refractivity contribution >= 4 is 38.9 Å². The number of para-hydroxylation sites is 1. The Hall–Kier alpha value is -2.53. The second kappa shape index (κ2) is 9.14. The van der Waals surface area contributed by atoms with Crippen LogP contribution in [0.2, 0.25) is 5.02 Å². The Morgan fingerprint density at radius 2 is 1.72 bits per heavy atom. The van der Waals surface area contributed by atoms with Gasteiger partial charge in [0.05, 0.1) is 28.2 Å². The third-order valence-electron chi connectivity index (χ3n) is 5.05. The standard InChI is InChI=1S/C20H20ClF4N3O3S/c1-32(30,31)28(14-6-7-16(21)15(12-14)20(23,24)25)13-19(29)27-10-8-26(9-11-27)18-5-3-2-4-17(18)22/h2-7,12H,8-11,13H2,1H3. The summed E-state index contributed by atoms with van der Waals surface area (Å²) in [5.74, 6) is -0.967. The zero-order valence-corrected chi connectivity index (χ0v) is 18.5. The van der Waals surface area contributed by atoms with Crippen LogP contribution in [0, 0.1) is 5.82 Å². The molecule has 6 nitrogen and oxygen atoms in total. The zero-order chi connectivity index (χ0) is 23.7. The molecule has 0 aliphatic carbocycles. The average Bonchev–Trinajstić information content (AvgIpc) is 2.71. The predicted octanol–water partition coefficient (Wildman–Crippen LogP) is 3.61. The minimum absolute atomic E-state index is 0.208. The van der Waals surface area contributed by atoms with E-state index in [4.69, 9.17) is 11.6 Å². The molecule has 3 rings (SSSR count). The summed E-state index contributed by atoms with van der Waals surface area (Å²) in [6, 6.07) is 8.88. The molecule has 1 aliphatic heterocycles. The van der Waals surface area contributed by atoms with Gasteiger partial charge in [-0.05, 0) is 30.3 Å². The first-order valence-corrected chi connectivity index (χ1v) is 11.7. The minimum Gasteiger partial charge on any atom is -0.366 e. The molecule has 2 aromatic carbocycles. The van der Waals surface area contributed by atoms with E-state index in [0.29, 0.717) is 29.1 Å². The van der Waals surface area contributed by atoms with Gasteiger partial charge in [-0.25, -0.2) is 12.8 Å². The van der Waals surface area contributed by atoms with Gasteiger partial charge in [-0.15, -0.1) is 0 Å². The molecule has 0 atom stereocenters. The molecule has 12 heteroatoms. The van der Waals surface area contributed by atoms with Crippen LogP contribution in [0.5, 0.6) is 0 Å². The number of amides is 1. The number of alkyl halides is 3. The monoisotopic (exact) mass is 493 g/mol. The lowest BCUT2D eigenvalue weighted by molar-refractivity contribution is -0.137. The molecular weight excluding hydrogens is 474 g/mol. The summed E-state index contributed by atoms with van der Waals surface area (Å²) in [5.41, 5.74) is -1.11. The summed E-state index contributed by atoms with van der Waals surface area (Å²) in [6.07, 6.45) is -3.98. The second-order valence-corrected chi connectivity index (χ2v) is 9.56. The Bertz CT molecular complexity index is 1100. The number of piperazine rings is 1. The predicted molar refractivity (Wildman–Crippen MR) is 114 cm³/mol. The molecular formula is C20H20ClF4N3O3S. The van der Waals surface area contributed by atoms with Crippen molar-refractivity contribution in [1.82, 2.24) is 4.90 Å². The molecule has 1 amide bonds. The molecule has 0 saturated carbocycles. The number of carbonyl (C=O) groups excluding carboxylic acids is 1. The normalized spacial score (nSPS) is 15.1. The quantitative estimate of drug-likeness (QED) is 0.597. The highest BCUT2D eigenvalue weighted by atomic mass is 35.5. The highest BCUT2D eigenvalue weighted by Crippen LogP contribution is 2.37. The van der Waals surface area contributed by atoms with Gasteiger partial charge in [0, 0.05) is 26.2 Å². The van der Waals surface area contributed by atoms with Crippen molar-refractivity contribution in [2.24, 2.45) is 0 Å². The van der Waals surface area contributed by atoms with Crippen LogP contribution < -0.4 is 9.21 Å². The summed E-state index contributed by atoms with van der Waals surface area (Å²) < 4.78 is 78.7. The molecule has 0 aromatic heterocycles. The van der Waals surface area contributed by atoms with E-state index in [0.717, 1.165) is 18.4 Å². The van der Waals surface area contributed by atoms with Crippen LogP contribution in [0.4, 0.5) is 28.9 Å². The van der Waals surface area contributed by atoms with Crippen LogP contribution in [0.25, 0.3) is 0 Å². The average molecular weight is 494 g/mol. The van der Waals surface area contributed by atoms with Gasteiger partial charge in [0.25, 0.3) is 0 Å². The maximum absolute atomic E-state index is 14.0. The van der Waals surface area contributed by atoms with Crippen molar-refractivity contribution in [2.45, 2.75) is 6.18 Å². The van der Waals surface area contributed by atoms with E-state index in [1.165, 1.54) is 11.0 Å². The molecule has 0 N–H and O–H groups in total. The van der Waals surface area contributed by atoms with E-state index in [2.05, 4.69) is 0 Å². The first-order valence-electron chi connectivity index (χ1n) is 9.49. The number of sulfonamides is 1. The maximum atomic E-state index is 14.0. The van der Waals surface area contributed by atoms with Crippen LogP contribution in [0.3, 0.4) is 0 Å². The fraction of sp³-hybridized carbons (Fsp3) is 0.350. The van der Waals surface area contributed by atoms with Gasteiger partial charge >= 0.3 is 6.18 Å². The number of carbonyl (C=O) groups is 1. The lowest BCUT2D eigenvalue weighted by atomic mass is 10.2. The Kier molecular flexibility index (Phi) is 6.89. The zero-order valence-electron chi connectivity index (χ0n) is 16.9. The topological polar surface area (TPSA) is 60.9 Å². The van der Waals surface area contributed by atoms with Crippen molar-refractivity contribution in [3.8, 4) is 0 Å². The number of hydrogen-bond acceptors (Lipinski definition) is 4. The minimum atomic E-state index is -4.79. The first kappa shape index (κ1) is 24.1. The Balaban J connectivity index is 1.75. The molecule has 1 fully saturated rings. The van der Waals surface area contributed by atoms with Gasteiger partial charge in [0.1, 0.15) is 12.4 Å². The molecule has 174 valence electrons. The van der Waals surface area contributed by atoms with Gasteiger partial charge in [0.2, 0.25) is 15.9 Å².